The second-order valence-corrected chi connectivity index (χ2v) is 6.22. The summed E-state index contributed by atoms with van der Waals surface area (Å²) >= 11 is 3.27. The van der Waals surface area contributed by atoms with Gasteiger partial charge in [0.05, 0.1) is 5.56 Å². The Morgan fingerprint density at radius 3 is 2.85 bits per heavy atom. The van der Waals surface area contributed by atoms with Crippen LogP contribution >= 0.6 is 23.5 Å². The quantitative estimate of drug-likeness (QED) is 0.912. The van der Waals surface area contributed by atoms with Crippen LogP contribution in [0.15, 0.2) is 46.2 Å². The van der Waals surface area contributed by atoms with Crippen molar-refractivity contribution in [2.45, 2.75) is 10.5 Å². The topological polar surface area (TPSA) is 71.2 Å². The molecule has 0 bridgehead atoms. The van der Waals surface area contributed by atoms with Gasteiger partial charge in [-0.2, -0.15) is 0 Å². The molecule has 6 nitrogen and oxygen atoms in total. The van der Waals surface area contributed by atoms with Gasteiger partial charge in [-0.15, -0.1) is 10.2 Å². The number of carboxylic acids is 1. The Bertz CT molecular complexity index is 725. The van der Waals surface area contributed by atoms with E-state index in [0.717, 1.165) is 15.7 Å². The summed E-state index contributed by atoms with van der Waals surface area (Å²) in [4.78, 5) is 10.9. The first-order valence-corrected chi connectivity index (χ1v) is 7.56. The average molecular weight is 304 g/mol. The van der Waals surface area contributed by atoms with E-state index in [1.165, 1.54) is 0 Å². The molecule has 20 heavy (non-hydrogen) atoms. The highest BCUT2D eigenvalue weighted by Gasteiger charge is 2.37. The molecule has 4 rings (SSSR count). The Labute approximate surface area is 122 Å². The number of aromatic nitrogens is 3. The summed E-state index contributed by atoms with van der Waals surface area (Å²) in [7, 11) is 0. The summed E-state index contributed by atoms with van der Waals surface area (Å²) in [5.41, 5.74) is 1.35. The first-order valence-electron chi connectivity index (χ1n) is 5.80. The van der Waals surface area contributed by atoms with Crippen LogP contribution in [0.4, 0.5) is 0 Å². The van der Waals surface area contributed by atoms with Crippen molar-refractivity contribution in [1.29, 1.82) is 0 Å². The van der Waals surface area contributed by atoms with Gasteiger partial charge < -0.3 is 5.11 Å². The number of benzene rings is 1. The number of rotatable bonds is 2. The summed E-state index contributed by atoms with van der Waals surface area (Å²) < 4.78 is 1.92. The van der Waals surface area contributed by atoms with Gasteiger partial charge in [0, 0.05) is 5.41 Å². The summed E-state index contributed by atoms with van der Waals surface area (Å²) in [5, 5.41) is 23.2. The number of fused-ring (bicyclic) bond motifs is 3. The SMILES string of the molecule is O=C(O)c1ccc([C@@H]2SC=C3Sc4nncn4N32)cc1. The predicted molar refractivity (Wildman–Crippen MR) is 75.9 cm³/mol. The van der Waals surface area contributed by atoms with Crippen LogP contribution in [0, 0.1) is 0 Å². The van der Waals surface area contributed by atoms with Crippen LogP contribution in [0.2, 0.25) is 0 Å². The van der Waals surface area contributed by atoms with Crippen LogP contribution in [0.1, 0.15) is 21.3 Å². The van der Waals surface area contributed by atoms with Gasteiger partial charge in [0.15, 0.2) is 0 Å². The molecule has 1 N–H and O–H groups in total. The first kappa shape index (κ1) is 11.9. The molecular formula is C12H8N4O2S2. The van der Waals surface area contributed by atoms with Gasteiger partial charge in [0.25, 0.3) is 0 Å². The molecule has 2 aliphatic heterocycles. The normalized spacial score (nSPS) is 19.7. The van der Waals surface area contributed by atoms with E-state index >= 15 is 0 Å². The van der Waals surface area contributed by atoms with Crippen molar-refractivity contribution >= 4 is 29.5 Å². The molecule has 1 atom stereocenters. The van der Waals surface area contributed by atoms with E-state index in [4.69, 9.17) is 5.11 Å². The van der Waals surface area contributed by atoms with Crippen molar-refractivity contribution in [3.8, 4) is 0 Å². The lowest BCUT2D eigenvalue weighted by Crippen LogP contribution is -2.28. The van der Waals surface area contributed by atoms with Crippen molar-refractivity contribution in [1.82, 2.24) is 14.9 Å². The zero-order valence-corrected chi connectivity index (χ0v) is 11.6. The number of aromatic carboxylic acids is 1. The lowest BCUT2D eigenvalue weighted by Gasteiger charge is -2.24. The van der Waals surface area contributed by atoms with Crippen LogP contribution in [0.5, 0.6) is 0 Å². The molecular weight excluding hydrogens is 296 g/mol. The Hall–Kier alpha value is -1.93. The van der Waals surface area contributed by atoms with E-state index < -0.39 is 5.97 Å². The smallest absolute Gasteiger partial charge is 0.335 e. The lowest BCUT2D eigenvalue weighted by molar-refractivity contribution is 0.0697. The molecule has 0 saturated carbocycles. The molecule has 0 aliphatic carbocycles. The highest BCUT2D eigenvalue weighted by Crippen LogP contribution is 2.50. The Morgan fingerprint density at radius 1 is 1.30 bits per heavy atom. The molecule has 1 aromatic carbocycles. The Morgan fingerprint density at radius 2 is 2.10 bits per heavy atom. The van der Waals surface area contributed by atoms with Gasteiger partial charge in [-0.05, 0) is 29.5 Å². The molecule has 0 radical (unpaired) electrons. The fraction of sp³-hybridized carbons (Fsp3) is 0.0833. The molecule has 0 amide bonds. The highest BCUT2D eigenvalue weighted by molar-refractivity contribution is 8.07. The van der Waals surface area contributed by atoms with Crippen LogP contribution in [0.25, 0.3) is 0 Å². The average Bonchev–Trinajstić information content (AvgIpc) is 3.10. The largest absolute Gasteiger partial charge is 0.478 e. The summed E-state index contributed by atoms with van der Waals surface area (Å²) in [6.07, 6.45) is 1.69. The van der Waals surface area contributed by atoms with Crippen LogP contribution in [-0.4, -0.2) is 25.9 Å². The van der Waals surface area contributed by atoms with Crippen molar-refractivity contribution in [3.05, 3.63) is 52.2 Å². The Kier molecular flexibility index (Phi) is 2.54. The van der Waals surface area contributed by atoms with Crippen LogP contribution in [0.3, 0.4) is 0 Å². The molecule has 2 aliphatic rings. The molecule has 2 aromatic rings. The van der Waals surface area contributed by atoms with E-state index in [1.54, 1.807) is 42.0 Å². The number of carbonyl (C=O) groups is 1. The molecule has 8 heteroatoms. The maximum Gasteiger partial charge on any atom is 0.335 e. The minimum atomic E-state index is -0.910. The molecule has 3 heterocycles. The van der Waals surface area contributed by atoms with Gasteiger partial charge in [-0.25, -0.2) is 9.47 Å². The summed E-state index contributed by atoms with van der Waals surface area (Å²) in [6.45, 7) is 0. The van der Waals surface area contributed by atoms with Gasteiger partial charge in [-0.3, -0.25) is 5.01 Å². The third-order valence-corrected chi connectivity index (χ3v) is 5.32. The zero-order chi connectivity index (χ0) is 13.7. The summed E-state index contributed by atoms with van der Waals surface area (Å²) in [6, 6.07) is 6.97. The molecule has 1 aromatic heterocycles. The van der Waals surface area contributed by atoms with Gasteiger partial charge in [0.2, 0.25) is 5.16 Å². The monoisotopic (exact) mass is 304 g/mol. The van der Waals surface area contributed by atoms with E-state index in [0.29, 0.717) is 5.56 Å². The Balaban J connectivity index is 1.69. The molecule has 0 saturated heterocycles. The second-order valence-electron chi connectivity index (χ2n) is 4.28. The zero-order valence-electron chi connectivity index (χ0n) is 10.0. The van der Waals surface area contributed by atoms with Gasteiger partial charge in [0.1, 0.15) is 16.7 Å². The minimum Gasteiger partial charge on any atom is -0.478 e. The lowest BCUT2D eigenvalue weighted by atomic mass is 10.1. The van der Waals surface area contributed by atoms with Gasteiger partial charge >= 0.3 is 5.97 Å². The number of thioether (sulfide) groups is 2. The third-order valence-electron chi connectivity index (χ3n) is 3.12. The maximum atomic E-state index is 10.9. The highest BCUT2D eigenvalue weighted by atomic mass is 32.2. The molecule has 100 valence electrons. The third kappa shape index (κ3) is 1.65. The fourth-order valence-electron chi connectivity index (χ4n) is 2.18. The number of hydrogen-bond acceptors (Lipinski definition) is 6. The van der Waals surface area contributed by atoms with Crippen molar-refractivity contribution in [2.24, 2.45) is 0 Å². The number of hydrogen-bond donors (Lipinski definition) is 1. The predicted octanol–water partition coefficient (Wildman–Crippen LogP) is 2.26. The van der Waals surface area contributed by atoms with E-state index in [-0.39, 0.29) is 5.37 Å². The summed E-state index contributed by atoms with van der Waals surface area (Å²) in [5.74, 6) is -0.910. The standard InChI is InChI=1S/C12H8N4O2S2/c17-11(18)8-3-1-7(2-4-8)10-16-9(5-19-10)20-12-14-13-6-15(12)16/h1-6,10H,(H,17,18)/t10-/m0/s1. The number of carboxylic acid groups (broad SMARTS) is 1. The van der Waals surface area contributed by atoms with E-state index in [9.17, 15) is 4.79 Å². The van der Waals surface area contributed by atoms with Gasteiger partial charge in [-0.1, -0.05) is 23.9 Å². The van der Waals surface area contributed by atoms with Crippen LogP contribution < -0.4 is 5.01 Å². The number of nitrogens with zero attached hydrogens (tertiary/aromatic N) is 4. The molecule has 0 spiro atoms. The van der Waals surface area contributed by atoms with E-state index in [2.05, 4.69) is 20.6 Å². The van der Waals surface area contributed by atoms with Crippen molar-refractivity contribution in [3.63, 3.8) is 0 Å². The maximum absolute atomic E-state index is 10.9. The van der Waals surface area contributed by atoms with Crippen molar-refractivity contribution < 1.29 is 9.90 Å². The van der Waals surface area contributed by atoms with Crippen LogP contribution in [-0.2, 0) is 0 Å². The van der Waals surface area contributed by atoms with Crippen molar-refractivity contribution in [2.75, 3.05) is 5.01 Å². The minimum absolute atomic E-state index is 0.0811. The first-order chi connectivity index (χ1) is 9.74. The van der Waals surface area contributed by atoms with E-state index in [1.807, 2.05) is 16.8 Å². The molecule has 0 unspecified atom stereocenters. The second kappa shape index (κ2) is 4.29. The fourth-order valence-corrected chi connectivity index (χ4v) is 4.39. The molecule has 0 fully saturated rings.